The summed E-state index contributed by atoms with van der Waals surface area (Å²) in [6.07, 6.45) is 44.9. The first-order valence-electron chi connectivity index (χ1n) is 22.7. The summed E-state index contributed by atoms with van der Waals surface area (Å²) >= 11 is 0. The van der Waals surface area contributed by atoms with Crippen molar-refractivity contribution < 1.29 is 34.8 Å². The Balaban J connectivity index is -0.000000775. The highest BCUT2D eigenvalue weighted by molar-refractivity contribution is 5.69. The SMILES string of the molecule is CCC(CO)(CO)CO.CCCCCCCC/C=C\CCCCCCCC(=O)O.CCCCCCCCCCCCCCCCCC(=O)OCCCC. The van der Waals surface area contributed by atoms with Gasteiger partial charge in [-0.3, -0.25) is 9.59 Å². The first kappa shape index (κ1) is 55.9. The Morgan fingerprint density at radius 3 is 1.08 bits per heavy atom. The molecule has 0 saturated heterocycles. The Bertz CT molecular complexity index is 718. The lowest BCUT2D eigenvalue weighted by atomic mass is 9.88. The largest absolute Gasteiger partial charge is 0.481 e. The number of esters is 1. The summed E-state index contributed by atoms with van der Waals surface area (Å²) < 4.78 is 5.16. The van der Waals surface area contributed by atoms with Crippen molar-refractivity contribution in [2.24, 2.45) is 5.41 Å². The second-order valence-corrected chi connectivity index (χ2v) is 15.3. The van der Waals surface area contributed by atoms with Crippen LogP contribution in [-0.4, -0.2) is 58.8 Å². The van der Waals surface area contributed by atoms with Crippen molar-refractivity contribution in [1.82, 2.24) is 0 Å². The number of ether oxygens (including phenoxy) is 1. The van der Waals surface area contributed by atoms with Crippen LogP contribution in [0.4, 0.5) is 0 Å². The number of carbonyl (C=O) groups excluding carboxylic acids is 1. The van der Waals surface area contributed by atoms with Crippen molar-refractivity contribution in [3.63, 3.8) is 0 Å². The highest BCUT2D eigenvalue weighted by Gasteiger charge is 2.24. The van der Waals surface area contributed by atoms with Gasteiger partial charge in [0, 0.05) is 18.3 Å². The summed E-state index contributed by atoms with van der Waals surface area (Å²) in [6.45, 7) is 8.61. The monoisotopic (exact) mass is 757 g/mol. The van der Waals surface area contributed by atoms with E-state index < -0.39 is 11.4 Å². The number of hydrogen-bond donors (Lipinski definition) is 4. The number of carboxylic acid groups (broad SMARTS) is 1. The highest BCUT2D eigenvalue weighted by atomic mass is 16.5. The Kier molecular flexibility index (Phi) is 51.2. The Morgan fingerprint density at radius 1 is 0.453 bits per heavy atom. The minimum absolute atomic E-state index is 0.00172. The average molecular weight is 757 g/mol. The molecule has 0 aliphatic carbocycles. The molecule has 7 nitrogen and oxygen atoms in total. The summed E-state index contributed by atoms with van der Waals surface area (Å²) in [5.74, 6) is -0.666. The van der Waals surface area contributed by atoms with Crippen molar-refractivity contribution in [2.45, 2.75) is 240 Å². The molecule has 0 fully saturated rings. The maximum atomic E-state index is 11.4. The minimum atomic E-state index is -0.667. The zero-order valence-corrected chi connectivity index (χ0v) is 35.8. The first-order valence-corrected chi connectivity index (χ1v) is 22.7. The van der Waals surface area contributed by atoms with Gasteiger partial charge in [0.25, 0.3) is 0 Å². The van der Waals surface area contributed by atoms with Gasteiger partial charge in [0.2, 0.25) is 0 Å². The normalized spacial score (nSPS) is 11.2. The smallest absolute Gasteiger partial charge is 0.305 e. The van der Waals surface area contributed by atoms with E-state index in [4.69, 9.17) is 25.2 Å². The number of aliphatic hydroxyl groups excluding tert-OH is 3. The summed E-state index contributed by atoms with van der Waals surface area (Å²) in [7, 11) is 0. The van der Waals surface area contributed by atoms with Crippen molar-refractivity contribution in [1.29, 1.82) is 0 Å². The third-order valence-corrected chi connectivity index (χ3v) is 10.2. The van der Waals surface area contributed by atoms with Crippen molar-refractivity contribution in [3.05, 3.63) is 12.2 Å². The molecule has 0 aromatic rings. The number of aliphatic hydroxyl groups is 3. The zero-order valence-electron chi connectivity index (χ0n) is 35.8. The van der Waals surface area contributed by atoms with Crippen LogP contribution in [0.15, 0.2) is 12.2 Å². The summed E-state index contributed by atoms with van der Waals surface area (Å²) in [5.41, 5.74) is -0.667. The number of aliphatic carboxylic acids is 1. The molecular weight excluding hydrogens is 664 g/mol. The first-order chi connectivity index (χ1) is 25.8. The average Bonchev–Trinajstić information content (AvgIpc) is 3.16. The van der Waals surface area contributed by atoms with E-state index in [0.717, 1.165) is 32.1 Å². The van der Waals surface area contributed by atoms with E-state index in [9.17, 15) is 9.59 Å². The van der Waals surface area contributed by atoms with Crippen LogP contribution in [0.25, 0.3) is 0 Å². The highest BCUT2D eigenvalue weighted by Crippen LogP contribution is 2.18. The van der Waals surface area contributed by atoms with Crippen molar-refractivity contribution >= 4 is 11.9 Å². The van der Waals surface area contributed by atoms with Gasteiger partial charge in [-0.2, -0.15) is 0 Å². The topological polar surface area (TPSA) is 124 Å². The summed E-state index contributed by atoms with van der Waals surface area (Å²) in [5, 5.41) is 34.5. The fraction of sp³-hybridized carbons (Fsp3) is 0.913. The number of unbranched alkanes of at least 4 members (excludes halogenated alkanes) is 26. The van der Waals surface area contributed by atoms with Crippen LogP contribution in [0, 0.1) is 5.41 Å². The van der Waals surface area contributed by atoms with Gasteiger partial charge in [-0.15, -0.1) is 0 Å². The van der Waals surface area contributed by atoms with Gasteiger partial charge in [0.15, 0.2) is 0 Å². The van der Waals surface area contributed by atoms with Crippen molar-refractivity contribution in [3.8, 4) is 0 Å². The quantitative estimate of drug-likeness (QED) is 0.0281. The van der Waals surface area contributed by atoms with Crippen LogP contribution in [-0.2, 0) is 14.3 Å². The lowest BCUT2D eigenvalue weighted by Crippen LogP contribution is -2.32. The minimum Gasteiger partial charge on any atom is -0.481 e. The molecule has 0 spiro atoms. The number of carbonyl (C=O) groups is 2. The number of carboxylic acids is 1. The van der Waals surface area contributed by atoms with E-state index in [2.05, 4.69) is 32.9 Å². The molecule has 0 aromatic carbocycles. The molecule has 0 unspecified atom stereocenters. The number of hydrogen-bond acceptors (Lipinski definition) is 6. The molecule has 53 heavy (non-hydrogen) atoms. The Labute approximate surface area is 329 Å². The van der Waals surface area contributed by atoms with Gasteiger partial charge >= 0.3 is 11.9 Å². The maximum Gasteiger partial charge on any atom is 0.305 e. The van der Waals surface area contributed by atoms with Gasteiger partial charge in [0.1, 0.15) is 0 Å². The molecule has 0 bridgehead atoms. The third-order valence-electron chi connectivity index (χ3n) is 10.2. The van der Waals surface area contributed by atoms with Crippen molar-refractivity contribution in [2.75, 3.05) is 26.4 Å². The van der Waals surface area contributed by atoms with Crippen LogP contribution >= 0.6 is 0 Å². The molecule has 318 valence electrons. The van der Waals surface area contributed by atoms with E-state index in [0.29, 0.717) is 25.9 Å². The molecule has 0 atom stereocenters. The summed E-state index contributed by atoms with van der Waals surface area (Å²) in [6, 6.07) is 0. The lowest BCUT2D eigenvalue weighted by Gasteiger charge is -2.24. The van der Waals surface area contributed by atoms with Gasteiger partial charge in [-0.25, -0.2) is 0 Å². The number of rotatable bonds is 38. The predicted molar refractivity (Wildman–Crippen MR) is 226 cm³/mol. The molecule has 0 rings (SSSR count). The van der Waals surface area contributed by atoms with Crippen LogP contribution in [0.3, 0.4) is 0 Å². The van der Waals surface area contributed by atoms with E-state index in [-0.39, 0.29) is 25.8 Å². The molecule has 0 aromatic heterocycles. The molecule has 0 amide bonds. The van der Waals surface area contributed by atoms with Crippen LogP contribution < -0.4 is 0 Å². The van der Waals surface area contributed by atoms with Gasteiger partial charge in [-0.05, 0) is 51.4 Å². The summed E-state index contributed by atoms with van der Waals surface area (Å²) in [4.78, 5) is 21.8. The van der Waals surface area contributed by atoms with Crippen LogP contribution in [0.2, 0.25) is 0 Å². The van der Waals surface area contributed by atoms with E-state index in [1.807, 2.05) is 6.92 Å². The maximum absolute atomic E-state index is 11.4. The van der Waals surface area contributed by atoms with Gasteiger partial charge in [-0.1, -0.05) is 188 Å². The second-order valence-electron chi connectivity index (χ2n) is 15.3. The zero-order chi connectivity index (χ0) is 39.9. The molecule has 0 heterocycles. The lowest BCUT2D eigenvalue weighted by molar-refractivity contribution is -0.144. The predicted octanol–water partition coefficient (Wildman–Crippen LogP) is 13.1. The molecule has 0 saturated carbocycles. The number of allylic oxidation sites excluding steroid dienone is 2. The molecule has 0 aliphatic rings. The Morgan fingerprint density at radius 2 is 0.774 bits per heavy atom. The van der Waals surface area contributed by atoms with E-state index in [1.54, 1.807) is 0 Å². The van der Waals surface area contributed by atoms with Gasteiger partial charge < -0.3 is 25.2 Å². The standard InChI is InChI=1S/C22H44O2.C18H34O2.C6H14O3/c1-3-5-7-8-9-10-11-12-13-14-15-16-17-18-19-20-22(23)24-21-6-4-2;1-2-3-4-5-6-7-8-9-10-11-12-13-14-15-16-17-18(19)20;1-2-6(3-7,4-8)5-9/h3-21H2,1-2H3;9-10H,2-8,11-17H2,1H3,(H,19,20);7-9H,2-5H2,1H3/b;10-9-;. The van der Waals surface area contributed by atoms with Crippen LogP contribution in [0.1, 0.15) is 240 Å². The fourth-order valence-corrected chi connectivity index (χ4v) is 5.88. The van der Waals surface area contributed by atoms with E-state index in [1.165, 1.54) is 161 Å². The van der Waals surface area contributed by atoms with E-state index >= 15 is 0 Å². The second kappa shape index (κ2) is 48.6. The molecular formula is C46H92O7. The Hall–Kier alpha value is -1.44. The van der Waals surface area contributed by atoms with Gasteiger partial charge in [0.05, 0.1) is 26.4 Å². The van der Waals surface area contributed by atoms with Crippen LogP contribution in [0.5, 0.6) is 0 Å². The molecule has 7 heteroatoms. The molecule has 0 radical (unpaired) electrons. The molecule has 4 N–H and O–H groups in total. The third kappa shape index (κ3) is 48.5. The fourth-order valence-electron chi connectivity index (χ4n) is 5.88. The molecule has 0 aliphatic heterocycles.